The first-order chi connectivity index (χ1) is 9.42. The van der Waals surface area contributed by atoms with E-state index in [1.165, 1.54) is 0 Å². The van der Waals surface area contributed by atoms with Crippen LogP contribution in [0.4, 0.5) is 11.5 Å². The Bertz CT molecular complexity index is 718. The topological polar surface area (TPSA) is 48.7 Å². The number of benzene rings is 1. The summed E-state index contributed by atoms with van der Waals surface area (Å²) < 4.78 is 0. The fourth-order valence-corrected chi connectivity index (χ4v) is 2.37. The monoisotopic (exact) mass is 305 g/mol. The van der Waals surface area contributed by atoms with Crippen LogP contribution in [0.5, 0.6) is 0 Å². The molecule has 0 fully saturated rings. The first-order valence-corrected chi connectivity index (χ1v) is 6.79. The highest BCUT2D eigenvalue weighted by atomic mass is 35.5. The van der Waals surface area contributed by atoms with Crippen LogP contribution in [0.1, 0.15) is 22.4 Å². The Morgan fingerprint density at radius 3 is 2.40 bits per heavy atom. The van der Waals surface area contributed by atoms with Crippen molar-refractivity contribution in [2.75, 3.05) is 5.32 Å². The zero-order chi connectivity index (χ0) is 14.9. The quantitative estimate of drug-likeness (QED) is 0.856. The molecule has 1 heterocycles. The number of aromatic nitrogens is 1. The highest BCUT2D eigenvalue weighted by Crippen LogP contribution is 2.32. The van der Waals surface area contributed by atoms with Gasteiger partial charge in [-0.15, -0.1) is 0 Å². The molecule has 0 atom stereocenters. The number of nitriles is 1. The van der Waals surface area contributed by atoms with E-state index in [1.807, 2.05) is 26.8 Å². The smallest absolute Gasteiger partial charge is 0.148 e. The fourth-order valence-electron chi connectivity index (χ4n) is 1.94. The van der Waals surface area contributed by atoms with Gasteiger partial charge in [0.05, 0.1) is 16.3 Å². The summed E-state index contributed by atoms with van der Waals surface area (Å²) in [6.07, 6.45) is 0. The van der Waals surface area contributed by atoms with Gasteiger partial charge in [0.25, 0.3) is 0 Å². The molecule has 0 aliphatic carbocycles. The average Bonchev–Trinajstić information content (AvgIpc) is 2.35. The third kappa shape index (κ3) is 2.87. The first kappa shape index (κ1) is 14.6. The number of rotatable bonds is 2. The van der Waals surface area contributed by atoms with E-state index < -0.39 is 0 Å². The molecule has 1 aromatic heterocycles. The van der Waals surface area contributed by atoms with E-state index in [1.54, 1.807) is 12.1 Å². The third-order valence-corrected chi connectivity index (χ3v) is 3.68. The zero-order valence-electron chi connectivity index (χ0n) is 11.4. The van der Waals surface area contributed by atoms with Gasteiger partial charge in [-0.1, -0.05) is 23.2 Å². The van der Waals surface area contributed by atoms with E-state index in [9.17, 15) is 5.26 Å². The van der Waals surface area contributed by atoms with Crippen molar-refractivity contribution < 1.29 is 0 Å². The standard InChI is InChI=1S/C15H13Cl2N3/c1-8-4-10(3)19-15(11(8)7-18)20-14-6-12(16)9(2)5-13(14)17/h4-6H,1-3H3,(H,19,20). The Balaban J connectivity index is 2.51. The van der Waals surface area contributed by atoms with Crippen molar-refractivity contribution in [1.29, 1.82) is 5.26 Å². The van der Waals surface area contributed by atoms with E-state index in [-0.39, 0.29) is 0 Å². The summed E-state index contributed by atoms with van der Waals surface area (Å²) in [5, 5.41) is 13.5. The molecule has 20 heavy (non-hydrogen) atoms. The van der Waals surface area contributed by atoms with E-state index in [0.717, 1.165) is 16.8 Å². The first-order valence-electron chi connectivity index (χ1n) is 6.03. The molecule has 1 aromatic carbocycles. The van der Waals surface area contributed by atoms with Crippen LogP contribution in [0.25, 0.3) is 0 Å². The Morgan fingerprint density at radius 2 is 1.75 bits per heavy atom. The van der Waals surface area contributed by atoms with Gasteiger partial charge in [0, 0.05) is 10.7 Å². The number of halogens is 2. The Kier molecular flexibility index (Phi) is 4.17. The fraction of sp³-hybridized carbons (Fsp3) is 0.200. The zero-order valence-corrected chi connectivity index (χ0v) is 12.9. The molecule has 0 saturated heterocycles. The maximum Gasteiger partial charge on any atom is 0.148 e. The second kappa shape index (κ2) is 5.70. The number of hydrogen-bond donors (Lipinski definition) is 1. The van der Waals surface area contributed by atoms with E-state index in [2.05, 4.69) is 16.4 Å². The van der Waals surface area contributed by atoms with Crippen LogP contribution < -0.4 is 5.32 Å². The minimum absolute atomic E-state index is 0.492. The molecule has 2 aromatic rings. The number of pyridine rings is 1. The summed E-state index contributed by atoms with van der Waals surface area (Å²) in [6, 6.07) is 7.54. The van der Waals surface area contributed by atoms with Crippen molar-refractivity contribution in [3.05, 3.63) is 50.6 Å². The highest BCUT2D eigenvalue weighted by Gasteiger charge is 2.11. The lowest BCUT2D eigenvalue weighted by Crippen LogP contribution is -2.01. The van der Waals surface area contributed by atoms with Crippen molar-refractivity contribution >= 4 is 34.7 Å². The molecular formula is C15H13Cl2N3. The number of hydrogen-bond acceptors (Lipinski definition) is 3. The Labute approximate surface area is 128 Å². The molecular weight excluding hydrogens is 293 g/mol. The van der Waals surface area contributed by atoms with E-state index in [4.69, 9.17) is 23.2 Å². The van der Waals surface area contributed by atoms with Crippen molar-refractivity contribution in [3.8, 4) is 6.07 Å². The number of aryl methyl sites for hydroxylation is 3. The third-order valence-electron chi connectivity index (χ3n) is 2.96. The van der Waals surface area contributed by atoms with Crippen molar-refractivity contribution in [2.24, 2.45) is 0 Å². The summed E-state index contributed by atoms with van der Waals surface area (Å²) in [5.74, 6) is 0.492. The van der Waals surface area contributed by atoms with Crippen LogP contribution >= 0.6 is 23.2 Å². The largest absolute Gasteiger partial charge is 0.338 e. The maximum absolute atomic E-state index is 9.25. The molecule has 5 heteroatoms. The van der Waals surface area contributed by atoms with Crippen LogP contribution in [0.2, 0.25) is 10.0 Å². The van der Waals surface area contributed by atoms with E-state index in [0.29, 0.717) is 27.1 Å². The van der Waals surface area contributed by atoms with Gasteiger partial charge in [0.15, 0.2) is 0 Å². The summed E-state index contributed by atoms with van der Waals surface area (Å²) in [6.45, 7) is 5.64. The summed E-state index contributed by atoms with van der Waals surface area (Å²) >= 11 is 12.3. The molecule has 0 unspecified atom stereocenters. The lowest BCUT2D eigenvalue weighted by molar-refractivity contribution is 1.16. The van der Waals surface area contributed by atoms with Crippen molar-refractivity contribution in [3.63, 3.8) is 0 Å². The van der Waals surface area contributed by atoms with Crippen LogP contribution in [0.3, 0.4) is 0 Å². The SMILES string of the molecule is Cc1cc(C)c(C#N)c(Nc2cc(Cl)c(C)cc2Cl)n1. The van der Waals surface area contributed by atoms with E-state index >= 15 is 0 Å². The van der Waals surface area contributed by atoms with Crippen molar-refractivity contribution in [2.45, 2.75) is 20.8 Å². The van der Waals surface area contributed by atoms with Crippen LogP contribution in [-0.4, -0.2) is 4.98 Å². The minimum atomic E-state index is 0.492. The number of nitrogens with zero attached hydrogens (tertiary/aromatic N) is 2. The molecule has 2 rings (SSSR count). The molecule has 0 amide bonds. The lowest BCUT2D eigenvalue weighted by Gasteiger charge is -2.12. The van der Waals surface area contributed by atoms with Crippen LogP contribution in [0.15, 0.2) is 18.2 Å². The summed E-state index contributed by atoms with van der Waals surface area (Å²) in [7, 11) is 0. The average molecular weight is 306 g/mol. The Morgan fingerprint density at radius 1 is 1.05 bits per heavy atom. The number of anilines is 2. The van der Waals surface area contributed by atoms with Gasteiger partial charge in [-0.2, -0.15) is 5.26 Å². The molecule has 1 N–H and O–H groups in total. The summed E-state index contributed by atoms with van der Waals surface area (Å²) in [5.41, 5.74) is 3.74. The molecule has 3 nitrogen and oxygen atoms in total. The highest BCUT2D eigenvalue weighted by molar-refractivity contribution is 6.35. The van der Waals surface area contributed by atoms with Gasteiger partial charge in [-0.3, -0.25) is 0 Å². The lowest BCUT2D eigenvalue weighted by atomic mass is 10.1. The molecule has 0 aliphatic heterocycles. The Hall–Kier alpha value is -1.76. The maximum atomic E-state index is 9.25. The van der Waals surface area contributed by atoms with Gasteiger partial charge < -0.3 is 5.32 Å². The normalized spacial score (nSPS) is 10.2. The van der Waals surface area contributed by atoms with Gasteiger partial charge in [0.1, 0.15) is 11.9 Å². The number of nitrogens with one attached hydrogen (secondary N) is 1. The van der Waals surface area contributed by atoms with Gasteiger partial charge in [0.2, 0.25) is 0 Å². The molecule has 0 saturated carbocycles. The minimum Gasteiger partial charge on any atom is -0.338 e. The van der Waals surface area contributed by atoms with Crippen LogP contribution in [0, 0.1) is 32.1 Å². The second-order valence-electron chi connectivity index (χ2n) is 4.62. The predicted octanol–water partition coefficient (Wildman–Crippen LogP) is 4.93. The molecule has 0 radical (unpaired) electrons. The second-order valence-corrected chi connectivity index (χ2v) is 5.44. The molecule has 0 aliphatic rings. The molecule has 0 bridgehead atoms. The summed E-state index contributed by atoms with van der Waals surface area (Å²) in [4.78, 5) is 4.36. The molecule has 102 valence electrons. The van der Waals surface area contributed by atoms with Gasteiger partial charge >= 0.3 is 0 Å². The van der Waals surface area contributed by atoms with Crippen molar-refractivity contribution in [1.82, 2.24) is 4.98 Å². The van der Waals surface area contributed by atoms with Gasteiger partial charge in [-0.05, 0) is 50.1 Å². The van der Waals surface area contributed by atoms with Gasteiger partial charge in [-0.25, -0.2) is 4.98 Å². The predicted molar refractivity (Wildman–Crippen MR) is 82.9 cm³/mol. The van der Waals surface area contributed by atoms with Crippen LogP contribution in [-0.2, 0) is 0 Å². The molecule has 0 spiro atoms.